The molecule has 0 aromatic carbocycles. The van der Waals surface area contributed by atoms with Crippen LogP contribution in [0.25, 0.3) is 0 Å². The Morgan fingerprint density at radius 1 is 1.41 bits per heavy atom. The van der Waals surface area contributed by atoms with Gasteiger partial charge >= 0.3 is 0 Å². The lowest BCUT2D eigenvalue weighted by atomic mass is 9.87. The Balaban J connectivity index is 1.78. The van der Waals surface area contributed by atoms with Gasteiger partial charge in [-0.1, -0.05) is 0 Å². The van der Waals surface area contributed by atoms with Crippen molar-refractivity contribution in [1.82, 2.24) is 14.8 Å². The van der Waals surface area contributed by atoms with Crippen molar-refractivity contribution < 1.29 is 13.6 Å². The molecule has 2 aromatic rings. The minimum absolute atomic E-state index is 0.0704. The van der Waals surface area contributed by atoms with Crippen LogP contribution in [0.1, 0.15) is 53.1 Å². The van der Waals surface area contributed by atoms with Crippen molar-refractivity contribution in [1.29, 1.82) is 5.26 Å². The molecule has 1 aliphatic carbocycles. The van der Waals surface area contributed by atoms with E-state index in [4.69, 9.17) is 5.26 Å². The third-order valence-corrected chi connectivity index (χ3v) is 5.04. The van der Waals surface area contributed by atoms with Crippen molar-refractivity contribution in [2.75, 3.05) is 5.32 Å². The molecule has 0 spiro atoms. The van der Waals surface area contributed by atoms with Crippen LogP contribution in [0.15, 0.2) is 18.3 Å². The summed E-state index contributed by atoms with van der Waals surface area (Å²) in [5, 5.41) is 16.1. The number of halogens is 2. The van der Waals surface area contributed by atoms with Gasteiger partial charge in [0.15, 0.2) is 0 Å². The van der Waals surface area contributed by atoms with E-state index >= 15 is 0 Å². The van der Waals surface area contributed by atoms with E-state index in [1.165, 1.54) is 12.3 Å². The van der Waals surface area contributed by atoms with Crippen LogP contribution in [0.3, 0.4) is 0 Å². The highest BCUT2D eigenvalue weighted by molar-refractivity contribution is 6.04. The van der Waals surface area contributed by atoms with Crippen molar-refractivity contribution in [3.8, 4) is 6.07 Å². The molecular weight excluding hydrogens is 352 g/mol. The summed E-state index contributed by atoms with van der Waals surface area (Å²) in [5.74, 6) is -2.85. The van der Waals surface area contributed by atoms with Gasteiger partial charge in [-0.05, 0) is 44.7 Å². The normalized spacial score (nSPS) is 16.7. The number of nitrogens with zero attached hydrogens (tertiary/aromatic N) is 4. The molecule has 142 valence electrons. The summed E-state index contributed by atoms with van der Waals surface area (Å²) in [4.78, 5) is 16.7. The fourth-order valence-corrected chi connectivity index (χ4v) is 3.38. The minimum atomic E-state index is -2.58. The third-order valence-electron chi connectivity index (χ3n) is 5.04. The van der Waals surface area contributed by atoms with E-state index in [-0.39, 0.29) is 30.4 Å². The van der Waals surface area contributed by atoms with Crippen LogP contribution in [0.2, 0.25) is 0 Å². The first kappa shape index (κ1) is 19.0. The van der Waals surface area contributed by atoms with Gasteiger partial charge < -0.3 is 5.32 Å². The van der Waals surface area contributed by atoms with Crippen LogP contribution in [-0.4, -0.2) is 26.6 Å². The number of nitriles is 1. The minimum Gasteiger partial charge on any atom is -0.321 e. The highest BCUT2D eigenvalue weighted by Crippen LogP contribution is 2.37. The van der Waals surface area contributed by atoms with Gasteiger partial charge in [-0.25, -0.2) is 13.8 Å². The molecule has 0 unspecified atom stereocenters. The summed E-state index contributed by atoms with van der Waals surface area (Å²) in [6.07, 6.45) is 2.05. The molecule has 1 N–H and O–H groups in total. The molecule has 0 aliphatic heterocycles. The molecule has 2 heterocycles. The van der Waals surface area contributed by atoms with E-state index in [2.05, 4.69) is 15.4 Å². The maximum Gasteiger partial charge on any atom is 0.274 e. The fourth-order valence-electron chi connectivity index (χ4n) is 3.38. The molecular formula is C19H21F2N5O. The number of hydrogen-bond donors (Lipinski definition) is 1. The second kappa shape index (κ2) is 7.43. The van der Waals surface area contributed by atoms with Crippen molar-refractivity contribution in [3.63, 3.8) is 0 Å². The number of carbonyl (C=O) groups excluding carboxylic acids is 1. The first-order chi connectivity index (χ1) is 12.8. The second-order valence-electron chi connectivity index (χ2n) is 7.04. The largest absolute Gasteiger partial charge is 0.321 e. The number of carbonyl (C=O) groups is 1. The van der Waals surface area contributed by atoms with E-state index in [0.29, 0.717) is 30.8 Å². The molecule has 1 amide bonds. The van der Waals surface area contributed by atoms with Crippen molar-refractivity contribution >= 4 is 11.6 Å². The van der Waals surface area contributed by atoms with Crippen LogP contribution in [0, 0.1) is 31.1 Å². The molecule has 1 fully saturated rings. The van der Waals surface area contributed by atoms with Gasteiger partial charge in [0.05, 0.1) is 5.69 Å². The van der Waals surface area contributed by atoms with Gasteiger partial charge in [0, 0.05) is 36.8 Å². The molecule has 0 radical (unpaired) electrons. The van der Waals surface area contributed by atoms with E-state index in [0.717, 1.165) is 11.3 Å². The Labute approximate surface area is 156 Å². The number of alkyl halides is 2. The second-order valence-corrected chi connectivity index (χ2v) is 7.04. The Morgan fingerprint density at radius 2 is 2.11 bits per heavy atom. The van der Waals surface area contributed by atoms with Crippen molar-refractivity contribution in [3.05, 3.63) is 41.0 Å². The van der Waals surface area contributed by atoms with Gasteiger partial charge in [-0.2, -0.15) is 10.4 Å². The Hall–Kier alpha value is -2.82. The lowest BCUT2D eigenvalue weighted by Crippen LogP contribution is -2.28. The fraction of sp³-hybridized carbons (Fsp3) is 0.474. The van der Waals surface area contributed by atoms with E-state index in [1.807, 2.05) is 19.9 Å². The number of amides is 1. The first-order valence-corrected chi connectivity index (χ1v) is 8.88. The smallest absolute Gasteiger partial charge is 0.274 e. The molecule has 3 rings (SSSR count). The molecule has 1 aliphatic rings. The number of nitrogens with one attached hydrogen (secondary N) is 1. The SMILES string of the molecule is Cc1nn(CC2CCC(F)(F)CC2)c(C(=O)Nc2ccnc(C#N)c2)c1C. The van der Waals surface area contributed by atoms with E-state index in [1.54, 1.807) is 10.7 Å². The van der Waals surface area contributed by atoms with Crippen LogP contribution >= 0.6 is 0 Å². The maximum atomic E-state index is 13.4. The summed E-state index contributed by atoms with van der Waals surface area (Å²) < 4.78 is 28.4. The summed E-state index contributed by atoms with van der Waals surface area (Å²) in [5.41, 5.74) is 2.57. The van der Waals surface area contributed by atoms with Crippen LogP contribution in [0.5, 0.6) is 0 Å². The van der Waals surface area contributed by atoms with Gasteiger partial charge in [0.1, 0.15) is 17.5 Å². The molecule has 8 heteroatoms. The van der Waals surface area contributed by atoms with Crippen LogP contribution in [-0.2, 0) is 6.54 Å². The highest BCUT2D eigenvalue weighted by atomic mass is 19.3. The number of anilines is 1. The number of rotatable bonds is 4. The predicted molar refractivity (Wildman–Crippen MR) is 95.5 cm³/mol. The zero-order valence-electron chi connectivity index (χ0n) is 15.3. The average molecular weight is 373 g/mol. The lowest BCUT2D eigenvalue weighted by Gasteiger charge is -2.28. The summed E-state index contributed by atoms with van der Waals surface area (Å²) in [6, 6.07) is 5.02. The number of hydrogen-bond acceptors (Lipinski definition) is 4. The van der Waals surface area contributed by atoms with Crippen LogP contribution in [0.4, 0.5) is 14.5 Å². The number of aromatic nitrogens is 3. The van der Waals surface area contributed by atoms with Gasteiger partial charge in [0.2, 0.25) is 5.92 Å². The number of pyridine rings is 1. The quantitative estimate of drug-likeness (QED) is 0.882. The summed E-state index contributed by atoms with van der Waals surface area (Å²) >= 11 is 0. The molecule has 0 atom stereocenters. The van der Waals surface area contributed by atoms with Crippen molar-refractivity contribution in [2.45, 2.75) is 52.0 Å². The monoisotopic (exact) mass is 373 g/mol. The maximum absolute atomic E-state index is 13.4. The zero-order chi connectivity index (χ0) is 19.6. The first-order valence-electron chi connectivity index (χ1n) is 8.88. The molecule has 2 aromatic heterocycles. The number of aryl methyl sites for hydroxylation is 1. The Morgan fingerprint density at radius 3 is 2.78 bits per heavy atom. The van der Waals surface area contributed by atoms with Gasteiger partial charge in [-0.3, -0.25) is 9.48 Å². The highest BCUT2D eigenvalue weighted by Gasteiger charge is 2.35. The molecule has 1 saturated carbocycles. The van der Waals surface area contributed by atoms with Gasteiger partial charge in [-0.15, -0.1) is 0 Å². The lowest BCUT2D eigenvalue weighted by molar-refractivity contribution is -0.0477. The van der Waals surface area contributed by atoms with E-state index in [9.17, 15) is 13.6 Å². The molecule has 0 saturated heterocycles. The Bertz CT molecular complexity index is 890. The van der Waals surface area contributed by atoms with E-state index < -0.39 is 5.92 Å². The Kier molecular flexibility index (Phi) is 5.22. The van der Waals surface area contributed by atoms with Gasteiger partial charge in [0.25, 0.3) is 5.91 Å². The average Bonchev–Trinajstić information content (AvgIpc) is 2.91. The van der Waals surface area contributed by atoms with Crippen molar-refractivity contribution in [2.24, 2.45) is 5.92 Å². The predicted octanol–water partition coefficient (Wildman–Crippen LogP) is 3.84. The topological polar surface area (TPSA) is 83.6 Å². The molecule has 0 bridgehead atoms. The summed E-state index contributed by atoms with van der Waals surface area (Å²) in [7, 11) is 0. The summed E-state index contributed by atoms with van der Waals surface area (Å²) in [6.45, 7) is 4.07. The molecule has 6 nitrogen and oxygen atoms in total. The third kappa shape index (κ3) is 4.30. The van der Waals surface area contributed by atoms with Crippen LogP contribution < -0.4 is 5.32 Å². The standard InChI is InChI=1S/C19H21F2N5O/c1-12-13(2)25-26(11-14-3-6-19(20,21)7-4-14)17(12)18(27)24-15-5-8-23-16(9-15)10-22/h5,8-9,14H,3-4,6-7,11H2,1-2H3,(H,23,24,27). The zero-order valence-corrected chi connectivity index (χ0v) is 15.3. The molecule has 27 heavy (non-hydrogen) atoms.